The topological polar surface area (TPSA) is 92.2 Å². The molecule has 0 radical (unpaired) electrons. The van der Waals surface area contributed by atoms with Gasteiger partial charge < -0.3 is 10.4 Å². The zero-order chi connectivity index (χ0) is 32.0. The third kappa shape index (κ3) is 7.86. The zero-order valence-electron chi connectivity index (χ0n) is 26.9. The molecule has 0 aliphatic heterocycles. The molecule has 6 nitrogen and oxygen atoms in total. The monoisotopic (exact) mass is 603 g/mol. The van der Waals surface area contributed by atoms with Gasteiger partial charge in [0.25, 0.3) is 5.91 Å². The summed E-state index contributed by atoms with van der Waals surface area (Å²) in [5.41, 5.74) is 6.74. The van der Waals surface area contributed by atoms with Crippen LogP contribution >= 0.6 is 0 Å². The second-order valence-corrected chi connectivity index (χ2v) is 13.1. The van der Waals surface area contributed by atoms with Crippen LogP contribution in [0.3, 0.4) is 0 Å². The Bertz CT molecular complexity index is 1570. The minimum absolute atomic E-state index is 0.0109. The molecule has 1 heterocycles. The van der Waals surface area contributed by atoms with Crippen LogP contribution < -0.4 is 5.32 Å². The van der Waals surface area contributed by atoms with Gasteiger partial charge in [0.05, 0.1) is 0 Å². The van der Waals surface area contributed by atoms with Gasteiger partial charge in [-0.3, -0.25) is 4.79 Å². The fraction of sp³-hybridized carbons (Fsp3) is 0.385. The zero-order valence-corrected chi connectivity index (χ0v) is 26.9. The molecule has 5 rings (SSSR count). The van der Waals surface area contributed by atoms with Gasteiger partial charge in [0.1, 0.15) is 6.04 Å². The Hall–Kier alpha value is -4.32. The molecular formula is C39H45N3O3. The second kappa shape index (κ2) is 14.2. The van der Waals surface area contributed by atoms with E-state index in [0.29, 0.717) is 17.3 Å². The first-order valence-electron chi connectivity index (χ1n) is 16.3. The summed E-state index contributed by atoms with van der Waals surface area (Å²) in [7, 11) is 0. The maximum absolute atomic E-state index is 12.9. The third-order valence-electron chi connectivity index (χ3n) is 9.86. The highest BCUT2D eigenvalue weighted by molar-refractivity contribution is 5.96. The van der Waals surface area contributed by atoms with Gasteiger partial charge in [-0.15, -0.1) is 0 Å². The fourth-order valence-corrected chi connectivity index (χ4v) is 6.22. The molecule has 0 bridgehead atoms. The standard InChI is InChI=1S/C39H45N3O3/c1-5-26-7-11-28(12-8-26)29-15-17-30(18-16-29)33-24-40-36(41-25-33)31-13-9-27(10-14-31)23-35(38(44)45)42-37(43)32-19-21-34(22-20-32)39(3,4)6-2/h9-10,13-22,24-26,28,35H,5-8,11-12,23H2,1-4H3,(H,42,43)(H,44,45)/t26-,28-,35-/m0/s1. The lowest BCUT2D eigenvalue weighted by Crippen LogP contribution is -2.42. The first kappa shape index (κ1) is 32.1. The summed E-state index contributed by atoms with van der Waals surface area (Å²) < 4.78 is 0. The first-order chi connectivity index (χ1) is 21.7. The average Bonchev–Trinajstić information content (AvgIpc) is 3.08. The maximum atomic E-state index is 12.9. The Kier molecular flexibility index (Phi) is 10.1. The van der Waals surface area contributed by atoms with E-state index in [9.17, 15) is 14.7 Å². The molecule has 1 aliphatic carbocycles. The van der Waals surface area contributed by atoms with Crippen molar-refractivity contribution in [2.75, 3.05) is 0 Å². The van der Waals surface area contributed by atoms with Crippen molar-refractivity contribution in [1.29, 1.82) is 0 Å². The summed E-state index contributed by atoms with van der Waals surface area (Å²) in [4.78, 5) is 34.1. The lowest BCUT2D eigenvalue weighted by Gasteiger charge is -2.28. The number of rotatable bonds is 11. The smallest absolute Gasteiger partial charge is 0.326 e. The SMILES string of the molecule is CCC(C)(C)c1ccc(C(=O)N[C@@H](Cc2ccc(-c3ncc(-c4ccc([C@H]5CC[C@H](CC)CC5)cc4)cn3)cc2)C(=O)O)cc1. The Balaban J connectivity index is 1.19. The molecule has 0 unspecified atom stereocenters. The van der Waals surface area contributed by atoms with Crippen LogP contribution in [0.4, 0.5) is 0 Å². The van der Waals surface area contributed by atoms with Crippen molar-refractivity contribution in [3.63, 3.8) is 0 Å². The lowest BCUT2D eigenvalue weighted by molar-refractivity contribution is -0.139. The lowest BCUT2D eigenvalue weighted by atomic mass is 9.78. The third-order valence-corrected chi connectivity index (χ3v) is 9.86. The van der Waals surface area contributed by atoms with Crippen LogP contribution in [0.5, 0.6) is 0 Å². The molecule has 234 valence electrons. The minimum atomic E-state index is -1.08. The van der Waals surface area contributed by atoms with Gasteiger partial charge in [-0.1, -0.05) is 94.8 Å². The van der Waals surface area contributed by atoms with Gasteiger partial charge in [-0.05, 0) is 83.7 Å². The van der Waals surface area contributed by atoms with Crippen molar-refractivity contribution in [2.45, 2.75) is 90.0 Å². The number of nitrogens with one attached hydrogen (secondary N) is 1. The number of nitrogens with zero attached hydrogens (tertiary/aromatic N) is 2. The summed E-state index contributed by atoms with van der Waals surface area (Å²) in [6, 6.07) is 22.7. The van der Waals surface area contributed by atoms with Gasteiger partial charge in [0.2, 0.25) is 0 Å². The first-order valence-corrected chi connectivity index (χ1v) is 16.3. The van der Waals surface area contributed by atoms with E-state index in [0.717, 1.165) is 40.2 Å². The molecule has 2 N–H and O–H groups in total. The number of carboxylic acids is 1. The Morgan fingerprint density at radius 1 is 0.822 bits per heavy atom. The molecular weight excluding hydrogens is 558 g/mol. The van der Waals surface area contributed by atoms with Crippen molar-refractivity contribution < 1.29 is 14.7 Å². The summed E-state index contributed by atoms with van der Waals surface area (Å²) >= 11 is 0. The molecule has 45 heavy (non-hydrogen) atoms. The molecule has 1 saturated carbocycles. The van der Waals surface area contributed by atoms with Crippen molar-refractivity contribution in [2.24, 2.45) is 5.92 Å². The van der Waals surface area contributed by atoms with Gasteiger partial charge >= 0.3 is 5.97 Å². The van der Waals surface area contributed by atoms with Crippen molar-refractivity contribution in [3.8, 4) is 22.5 Å². The van der Waals surface area contributed by atoms with E-state index in [1.165, 1.54) is 37.7 Å². The molecule has 6 heteroatoms. The summed E-state index contributed by atoms with van der Waals surface area (Å²) in [6.07, 6.45) is 11.4. The van der Waals surface area contributed by atoms with Gasteiger partial charge in [-0.2, -0.15) is 0 Å². The van der Waals surface area contributed by atoms with Crippen LogP contribution in [0.15, 0.2) is 85.2 Å². The van der Waals surface area contributed by atoms with E-state index >= 15 is 0 Å². The predicted molar refractivity (Wildman–Crippen MR) is 180 cm³/mol. The van der Waals surface area contributed by atoms with E-state index in [2.05, 4.69) is 67.2 Å². The Labute approximate surface area is 267 Å². The van der Waals surface area contributed by atoms with Crippen LogP contribution in [0.2, 0.25) is 0 Å². The van der Waals surface area contributed by atoms with Crippen LogP contribution in [0.25, 0.3) is 22.5 Å². The van der Waals surface area contributed by atoms with Crippen LogP contribution in [0, 0.1) is 5.92 Å². The molecule has 1 amide bonds. The van der Waals surface area contributed by atoms with Gasteiger partial charge in [-0.25, -0.2) is 14.8 Å². The Morgan fingerprint density at radius 2 is 1.42 bits per heavy atom. The maximum Gasteiger partial charge on any atom is 0.326 e. The second-order valence-electron chi connectivity index (χ2n) is 13.1. The van der Waals surface area contributed by atoms with Gasteiger partial charge in [0, 0.05) is 35.5 Å². The molecule has 1 atom stereocenters. The van der Waals surface area contributed by atoms with Gasteiger partial charge in [0.15, 0.2) is 5.82 Å². The van der Waals surface area contributed by atoms with E-state index in [1.54, 1.807) is 12.1 Å². The predicted octanol–water partition coefficient (Wildman–Crippen LogP) is 8.61. The minimum Gasteiger partial charge on any atom is -0.480 e. The summed E-state index contributed by atoms with van der Waals surface area (Å²) in [5.74, 6) is 0.691. The van der Waals surface area contributed by atoms with Crippen LogP contribution in [0.1, 0.15) is 99.2 Å². The molecule has 0 spiro atoms. The van der Waals surface area contributed by atoms with Crippen molar-refractivity contribution in [3.05, 3.63) is 107 Å². The van der Waals surface area contributed by atoms with Crippen molar-refractivity contribution >= 4 is 11.9 Å². The van der Waals surface area contributed by atoms with E-state index < -0.39 is 17.9 Å². The van der Waals surface area contributed by atoms with E-state index in [1.807, 2.05) is 48.8 Å². The molecule has 3 aromatic carbocycles. The number of hydrogen-bond acceptors (Lipinski definition) is 4. The molecule has 1 aromatic heterocycles. The fourth-order valence-electron chi connectivity index (χ4n) is 6.22. The quantitative estimate of drug-likeness (QED) is 0.179. The highest BCUT2D eigenvalue weighted by Crippen LogP contribution is 2.37. The number of carboxylic acid groups (broad SMARTS) is 1. The number of aliphatic carboxylic acids is 1. The summed E-state index contributed by atoms with van der Waals surface area (Å²) in [6.45, 7) is 8.75. The average molecular weight is 604 g/mol. The normalized spacial score (nSPS) is 17.4. The van der Waals surface area contributed by atoms with Crippen molar-refractivity contribution in [1.82, 2.24) is 15.3 Å². The summed E-state index contributed by atoms with van der Waals surface area (Å²) in [5, 5.41) is 12.5. The molecule has 1 fully saturated rings. The number of hydrogen-bond donors (Lipinski definition) is 2. The molecule has 1 aliphatic rings. The number of carbonyl (C=O) groups is 2. The van der Waals surface area contributed by atoms with Crippen LogP contribution in [-0.4, -0.2) is 33.0 Å². The van der Waals surface area contributed by atoms with E-state index in [4.69, 9.17) is 0 Å². The number of benzene rings is 3. The molecule has 0 saturated heterocycles. The van der Waals surface area contributed by atoms with E-state index in [-0.39, 0.29) is 11.8 Å². The van der Waals surface area contributed by atoms with Crippen LogP contribution in [-0.2, 0) is 16.6 Å². The number of carbonyl (C=O) groups excluding carboxylic acids is 1. The highest BCUT2D eigenvalue weighted by Gasteiger charge is 2.23. The largest absolute Gasteiger partial charge is 0.480 e. The highest BCUT2D eigenvalue weighted by atomic mass is 16.4. The number of amides is 1. The Morgan fingerprint density at radius 3 is 1.98 bits per heavy atom. The molecule has 4 aromatic rings. The number of aromatic nitrogens is 2.